The Kier molecular flexibility index (Phi) is 6.09. The van der Waals surface area contributed by atoms with Gasteiger partial charge in [-0.25, -0.2) is 0 Å². The zero-order chi connectivity index (χ0) is 17.7. The molecule has 2 N–H and O–H groups in total. The van der Waals surface area contributed by atoms with E-state index in [1.807, 2.05) is 12.1 Å². The van der Waals surface area contributed by atoms with Crippen LogP contribution in [-0.4, -0.2) is 57.2 Å². The van der Waals surface area contributed by atoms with Crippen molar-refractivity contribution >= 4 is 23.0 Å². The number of hydrogen-bond acceptors (Lipinski definition) is 5. The average molecular weight is 332 g/mol. The molecule has 1 aromatic rings. The summed E-state index contributed by atoms with van der Waals surface area (Å²) in [6, 6.07) is 4.19. The third kappa shape index (κ3) is 4.41. The molecule has 132 valence electrons. The lowest BCUT2D eigenvalue weighted by atomic mass is 10.1. The molecule has 0 spiro atoms. The predicted octanol–water partition coefficient (Wildman–Crippen LogP) is 2.39. The number of piperazine rings is 1. The number of benzene rings is 1. The van der Waals surface area contributed by atoms with Gasteiger partial charge in [0.2, 0.25) is 5.91 Å². The van der Waals surface area contributed by atoms with Gasteiger partial charge in [-0.3, -0.25) is 4.79 Å². The number of carbonyl (C=O) groups excluding carboxylic acids is 1. The van der Waals surface area contributed by atoms with Crippen LogP contribution in [0.4, 0.5) is 17.1 Å². The SMILES string of the molecule is C=CC(=O)Nc1cc(NC(C)C)c(OC)cc1N1CCN(C)CC1. The van der Waals surface area contributed by atoms with Gasteiger partial charge in [-0.05, 0) is 33.0 Å². The molecule has 0 radical (unpaired) electrons. The lowest BCUT2D eigenvalue weighted by Crippen LogP contribution is -2.44. The Labute approximate surface area is 144 Å². The molecule has 1 fully saturated rings. The van der Waals surface area contributed by atoms with E-state index in [0.29, 0.717) is 0 Å². The van der Waals surface area contributed by atoms with Gasteiger partial charge in [0, 0.05) is 38.3 Å². The third-order valence-corrected chi connectivity index (χ3v) is 4.05. The molecule has 1 aliphatic heterocycles. The van der Waals surface area contributed by atoms with Crippen molar-refractivity contribution in [3.63, 3.8) is 0 Å². The van der Waals surface area contributed by atoms with Gasteiger partial charge in [-0.2, -0.15) is 0 Å². The number of hydrogen-bond donors (Lipinski definition) is 2. The van der Waals surface area contributed by atoms with Crippen molar-refractivity contribution in [2.75, 3.05) is 55.9 Å². The number of nitrogens with zero attached hydrogens (tertiary/aromatic N) is 2. The summed E-state index contributed by atoms with van der Waals surface area (Å²) in [5, 5.41) is 6.29. The number of methoxy groups -OCH3 is 1. The highest BCUT2D eigenvalue weighted by Crippen LogP contribution is 2.37. The van der Waals surface area contributed by atoms with Crippen LogP contribution in [0.2, 0.25) is 0 Å². The second-order valence-corrected chi connectivity index (χ2v) is 6.35. The highest BCUT2D eigenvalue weighted by Gasteiger charge is 2.20. The van der Waals surface area contributed by atoms with E-state index in [4.69, 9.17) is 4.74 Å². The van der Waals surface area contributed by atoms with Crippen LogP contribution in [0.25, 0.3) is 0 Å². The first-order valence-corrected chi connectivity index (χ1v) is 8.30. The second-order valence-electron chi connectivity index (χ2n) is 6.35. The van der Waals surface area contributed by atoms with Gasteiger partial charge in [0.1, 0.15) is 5.75 Å². The normalized spacial score (nSPS) is 15.3. The minimum absolute atomic E-state index is 0.217. The largest absolute Gasteiger partial charge is 0.495 e. The molecule has 1 saturated heterocycles. The molecule has 0 bridgehead atoms. The second kappa shape index (κ2) is 8.06. The first kappa shape index (κ1) is 18.1. The van der Waals surface area contributed by atoms with Crippen molar-refractivity contribution in [2.24, 2.45) is 0 Å². The molecular formula is C18H28N4O2. The molecule has 0 aromatic heterocycles. The Hall–Kier alpha value is -2.21. The molecule has 2 rings (SSSR count). The van der Waals surface area contributed by atoms with Crippen molar-refractivity contribution in [1.29, 1.82) is 0 Å². The van der Waals surface area contributed by atoms with E-state index < -0.39 is 0 Å². The van der Waals surface area contributed by atoms with Crippen molar-refractivity contribution in [3.8, 4) is 5.75 Å². The summed E-state index contributed by atoms with van der Waals surface area (Å²) in [5.41, 5.74) is 2.61. The van der Waals surface area contributed by atoms with Gasteiger partial charge < -0.3 is 25.2 Å². The van der Waals surface area contributed by atoms with Crippen molar-refractivity contribution in [2.45, 2.75) is 19.9 Å². The third-order valence-electron chi connectivity index (χ3n) is 4.05. The molecule has 0 atom stereocenters. The Morgan fingerprint density at radius 3 is 2.46 bits per heavy atom. The summed E-state index contributed by atoms with van der Waals surface area (Å²) in [6.07, 6.45) is 1.29. The quantitative estimate of drug-likeness (QED) is 0.784. The Balaban J connectivity index is 2.41. The molecular weight excluding hydrogens is 304 g/mol. The molecule has 0 aliphatic carbocycles. The minimum atomic E-state index is -0.217. The van der Waals surface area contributed by atoms with Crippen LogP contribution in [0, 0.1) is 0 Å². The van der Waals surface area contributed by atoms with E-state index in [1.165, 1.54) is 6.08 Å². The number of likely N-dealkylation sites (N-methyl/N-ethyl adjacent to an activating group) is 1. The summed E-state index contributed by atoms with van der Waals surface area (Å²) in [7, 11) is 3.78. The first-order chi connectivity index (χ1) is 11.4. The molecule has 1 aliphatic rings. The zero-order valence-corrected chi connectivity index (χ0v) is 15.1. The Morgan fingerprint density at radius 2 is 1.92 bits per heavy atom. The van der Waals surface area contributed by atoms with Gasteiger partial charge in [-0.1, -0.05) is 6.58 Å². The van der Waals surface area contributed by atoms with Crippen LogP contribution in [0.15, 0.2) is 24.8 Å². The lowest BCUT2D eigenvalue weighted by molar-refractivity contribution is -0.111. The fraction of sp³-hybridized carbons (Fsp3) is 0.500. The number of ether oxygens (including phenoxy) is 1. The summed E-state index contributed by atoms with van der Waals surface area (Å²) in [6.45, 7) is 11.5. The number of amides is 1. The number of anilines is 3. The van der Waals surface area contributed by atoms with Crippen LogP contribution in [0.3, 0.4) is 0 Å². The summed E-state index contributed by atoms with van der Waals surface area (Å²) in [4.78, 5) is 16.4. The average Bonchev–Trinajstić information content (AvgIpc) is 2.55. The molecule has 24 heavy (non-hydrogen) atoms. The van der Waals surface area contributed by atoms with E-state index >= 15 is 0 Å². The Bertz CT molecular complexity index is 593. The smallest absolute Gasteiger partial charge is 0.247 e. The molecule has 0 unspecified atom stereocenters. The summed E-state index contributed by atoms with van der Waals surface area (Å²) in [5.74, 6) is 0.556. The van der Waals surface area contributed by atoms with Crippen molar-refractivity contribution in [1.82, 2.24) is 4.90 Å². The molecule has 0 saturated carbocycles. The first-order valence-electron chi connectivity index (χ1n) is 8.30. The topological polar surface area (TPSA) is 56.8 Å². The maximum atomic E-state index is 11.8. The van der Waals surface area contributed by atoms with Crippen LogP contribution < -0.4 is 20.3 Å². The standard InChI is InChI=1S/C18H28N4O2/c1-6-18(23)20-14-11-15(19-13(2)3)17(24-5)12-16(14)22-9-7-21(4)8-10-22/h6,11-13,19H,1,7-10H2,2-5H3,(H,20,23). The van der Waals surface area contributed by atoms with E-state index in [2.05, 4.69) is 47.9 Å². The lowest BCUT2D eigenvalue weighted by Gasteiger charge is -2.35. The fourth-order valence-electron chi connectivity index (χ4n) is 2.75. The maximum Gasteiger partial charge on any atom is 0.247 e. The fourth-order valence-corrected chi connectivity index (χ4v) is 2.75. The predicted molar refractivity (Wildman–Crippen MR) is 100 cm³/mol. The van der Waals surface area contributed by atoms with Crippen molar-refractivity contribution < 1.29 is 9.53 Å². The minimum Gasteiger partial charge on any atom is -0.495 e. The van der Waals surface area contributed by atoms with Crippen LogP contribution in [-0.2, 0) is 4.79 Å². The number of nitrogens with one attached hydrogen (secondary N) is 2. The van der Waals surface area contributed by atoms with Gasteiger partial charge in [-0.15, -0.1) is 0 Å². The summed E-state index contributed by atoms with van der Waals surface area (Å²) >= 11 is 0. The highest BCUT2D eigenvalue weighted by molar-refractivity contribution is 6.02. The van der Waals surface area contributed by atoms with Crippen LogP contribution in [0.1, 0.15) is 13.8 Å². The van der Waals surface area contributed by atoms with Gasteiger partial charge in [0.15, 0.2) is 0 Å². The Morgan fingerprint density at radius 1 is 1.25 bits per heavy atom. The van der Waals surface area contributed by atoms with Crippen molar-refractivity contribution in [3.05, 3.63) is 24.8 Å². The van der Waals surface area contributed by atoms with Crippen LogP contribution >= 0.6 is 0 Å². The molecule has 6 heteroatoms. The number of rotatable bonds is 6. The molecule has 1 heterocycles. The van der Waals surface area contributed by atoms with Gasteiger partial charge in [0.25, 0.3) is 0 Å². The zero-order valence-electron chi connectivity index (χ0n) is 15.1. The number of carbonyl (C=O) groups is 1. The molecule has 6 nitrogen and oxygen atoms in total. The van der Waals surface area contributed by atoms with E-state index in [-0.39, 0.29) is 11.9 Å². The maximum absolute atomic E-state index is 11.8. The van der Waals surface area contributed by atoms with Gasteiger partial charge in [0.05, 0.1) is 24.2 Å². The van der Waals surface area contributed by atoms with Crippen LogP contribution in [0.5, 0.6) is 5.75 Å². The molecule has 1 aromatic carbocycles. The summed E-state index contributed by atoms with van der Waals surface area (Å²) < 4.78 is 5.55. The monoisotopic (exact) mass is 332 g/mol. The molecule has 1 amide bonds. The van der Waals surface area contributed by atoms with Gasteiger partial charge >= 0.3 is 0 Å². The van der Waals surface area contributed by atoms with E-state index in [9.17, 15) is 4.79 Å². The highest BCUT2D eigenvalue weighted by atomic mass is 16.5. The van der Waals surface area contributed by atoms with E-state index in [1.54, 1.807) is 7.11 Å². The van der Waals surface area contributed by atoms with E-state index in [0.717, 1.165) is 49.0 Å².